The first-order valence-corrected chi connectivity index (χ1v) is 45.1. The molecule has 0 aromatic carbocycles. The molecular formula is C81H158O17P2. The van der Waals surface area contributed by atoms with E-state index in [-0.39, 0.29) is 25.7 Å². The SMILES string of the molecule is CCCCCCCCCCCCCCCCCCCCCCCCC(=O)O[C@H](COC(=O)CCCCCCCCCCCCCCCCCCC)COP(=O)(O)OC[C@@H](O)COP(=O)(O)OC[C@@H](COC(=O)CCCCCCCCCC(C)C)OC(=O)CCCCCCCCCCCCC. The summed E-state index contributed by atoms with van der Waals surface area (Å²) in [6.45, 7) is 7.26. The Bertz CT molecular complexity index is 1910. The maximum absolute atomic E-state index is 13.1. The van der Waals surface area contributed by atoms with Gasteiger partial charge < -0.3 is 33.8 Å². The fourth-order valence-electron chi connectivity index (χ4n) is 12.6. The van der Waals surface area contributed by atoms with Crippen LogP contribution in [0.3, 0.4) is 0 Å². The maximum Gasteiger partial charge on any atom is 0.472 e. The van der Waals surface area contributed by atoms with Crippen molar-refractivity contribution >= 4 is 39.5 Å². The summed E-state index contributed by atoms with van der Waals surface area (Å²) in [5, 5.41) is 10.6. The van der Waals surface area contributed by atoms with Crippen molar-refractivity contribution in [3.63, 3.8) is 0 Å². The standard InChI is InChI=1S/C81H158O17P2/c1-6-9-12-15-18-21-24-26-28-30-31-32-33-34-36-38-40-43-46-51-57-62-67-81(86)97-76(70-91-78(83)64-59-54-49-44-42-39-37-35-29-27-25-22-19-16-13-10-7-2)72-95-99(87,88)93-68-75(82)69-94-100(89,90)96-73-77(71-92-79(84)65-60-55-52-47-48-53-58-63-74(4)5)98-80(85)66-61-56-50-45-41-23-20-17-14-11-8-3/h74-77,82H,6-73H2,1-5H3,(H,87,88)(H,89,90)/t75-,76-,77-/m1/s1. The summed E-state index contributed by atoms with van der Waals surface area (Å²) in [4.78, 5) is 72.9. The van der Waals surface area contributed by atoms with Gasteiger partial charge in [-0.1, -0.05) is 381 Å². The van der Waals surface area contributed by atoms with Crippen LogP contribution in [0.1, 0.15) is 433 Å². The monoisotopic (exact) mass is 1470 g/mol. The first-order valence-electron chi connectivity index (χ1n) is 42.1. The normalized spacial score (nSPS) is 13.8. The van der Waals surface area contributed by atoms with Gasteiger partial charge in [-0.15, -0.1) is 0 Å². The molecule has 0 heterocycles. The summed E-state index contributed by atoms with van der Waals surface area (Å²) in [6, 6.07) is 0. The Balaban J connectivity index is 5.19. The molecule has 0 saturated heterocycles. The lowest BCUT2D eigenvalue weighted by atomic mass is 10.0. The number of carbonyl (C=O) groups excluding carboxylic acids is 4. The summed E-state index contributed by atoms with van der Waals surface area (Å²) in [5.74, 6) is -1.40. The van der Waals surface area contributed by atoms with Crippen LogP contribution < -0.4 is 0 Å². The van der Waals surface area contributed by atoms with Crippen molar-refractivity contribution in [2.45, 2.75) is 451 Å². The zero-order valence-electron chi connectivity index (χ0n) is 65.3. The van der Waals surface area contributed by atoms with E-state index in [4.69, 9.17) is 37.0 Å². The van der Waals surface area contributed by atoms with Crippen LogP contribution >= 0.6 is 15.6 Å². The topological polar surface area (TPSA) is 237 Å². The average Bonchev–Trinajstić information content (AvgIpc) is 0.923. The molecule has 594 valence electrons. The minimum atomic E-state index is -4.96. The van der Waals surface area contributed by atoms with Gasteiger partial charge in [0, 0.05) is 25.7 Å². The van der Waals surface area contributed by atoms with E-state index in [1.165, 1.54) is 250 Å². The minimum absolute atomic E-state index is 0.107. The van der Waals surface area contributed by atoms with Crippen molar-refractivity contribution in [3.05, 3.63) is 0 Å². The molecule has 2 unspecified atom stereocenters. The Labute approximate surface area is 613 Å². The Kier molecular flexibility index (Phi) is 72.5. The molecule has 3 N–H and O–H groups in total. The molecule has 0 bridgehead atoms. The van der Waals surface area contributed by atoms with Crippen LogP contribution in [0.4, 0.5) is 0 Å². The third-order valence-electron chi connectivity index (χ3n) is 19.0. The summed E-state index contributed by atoms with van der Waals surface area (Å²) < 4.78 is 68.6. The van der Waals surface area contributed by atoms with Gasteiger partial charge in [-0.25, -0.2) is 9.13 Å². The van der Waals surface area contributed by atoms with Crippen LogP contribution in [0.15, 0.2) is 0 Å². The quantitative estimate of drug-likeness (QED) is 0.0222. The first kappa shape index (κ1) is 98.1. The zero-order valence-corrected chi connectivity index (χ0v) is 67.1. The zero-order chi connectivity index (χ0) is 73.4. The van der Waals surface area contributed by atoms with Gasteiger partial charge >= 0.3 is 39.5 Å². The van der Waals surface area contributed by atoms with Crippen molar-refractivity contribution in [1.29, 1.82) is 0 Å². The predicted octanol–water partition coefficient (Wildman–Crippen LogP) is 24.4. The van der Waals surface area contributed by atoms with Crippen LogP contribution in [0.5, 0.6) is 0 Å². The summed E-state index contributed by atoms with van der Waals surface area (Å²) >= 11 is 0. The number of hydrogen-bond donors (Lipinski definition) is 3. The molecular weight excluding hydrogens is 1310 g/mol. The largest absolute Gasteiger partial charge is 0.472 e. The molecule has 0 aromatic heterocycles. The number of unbranched alkanes of at least 4 members (excludes halogenated alkanes) is 53. The van der Waals surface area contributed by atoms with E-state index in [9.17, 15) is 43.2 Å². The van der Waals surface area contributed by atoms with Gasteiger partial charge in [-0.3, -0.25) is 37.3 Å². The molecule has 100 heavy (non-hydrogen) atoms. The lowest BCUT2D eigenvalue weighted by Crippen LogP contribution is -2.30. The molecule has 17 nitrogen and oxygen atoms in total. The maximum atomic E-state index is 13.1. The van der Waals surface area contributed by atoms with E-state index < -0.39 is 97.5 Å². The van der Waals surface area contributed by atoms with E-state index >= 15 is 0 Å². The third kappa shape index (κ3) is 74.3. The molecule has 0 rings (SSSR count). The molecule has 5 atom stereocenters. The van der Waals surface area contributed by atoms with Gasteiger partial charge in [-0.2, -0.15) is 0 Å². The molecule has 0 aliphatic rings. The van der Waals surface area contributed by atoms with Crippen LogP contribution in [-0.4, -0.2) is 96.7 Å². The number of carbonyl (C=O) groups is 4. The van der Waals surface area contributed by atoms with E-state index in [1.807, 2.05) is 0 Å². The molecule has 0 saturated carbocycles. The van der Waals surface area contributed by atoms with E-state index in [2.05, 4.69) is 34.6 Å². The van der Waals surface area contributed by atoms with Gasteiger partial charge in [0.15, 0.2) is 12.2 Å². The Hall–Kier alpha value is -1.94. The van der Waals surface area contributed by atoms with Gasteiger partial charge in [0.2, 0.25) is 0 Å². The van der Waals surface area contributed by atoms with E-state index in [0.717, 1.165) is 96.3 Å². The van der Waals surface area contributed by atoms with Gasteiger partial charge in [0.25, 0.3) is 0 Å². The van der Waals surface area contributed by atoms with Crippen molar-refractivity contribution in [2.75, 3.05) is 39.6 Å². The molecule has 0 radical (unpaired) electrons. The van der Waals surface area contributed by atoms with Crippen molar-refractivity contribution in [2.24, 2.45) is 5.92 Å². The smallest absolute Gasteiger partial charge is 0.462 e. The lowest BCUT2D eigenvalue weighted by molar-refractivity contribution is -0.161. The van der Waals surface area contributed by atoms with Crippen LogP contribution in [0, 0.1) is 5.92 Å². The number of aliphatic hydroxyl groups excluding tert-OH is 1. The van der Waals surface area contributed by atoms with Gasteiger partial charge in [0.05, 0.1) is 26.4 Å². The number of rotatable bonds is 81. The lowest BCUT2D eigenvalue weighted by Gasteiger charge is -2.21. The number of esters is 4. The Morgan fingerprint density at radius 2 is 0.460 bits per heavy atom. The van der Waals surface area contributed by atoms with Gasteiger partial charge in [0.1, 0.15) is 19.3 Å². The minimum Gasteiger partial charge on any atom is -0.462 e. The second-order valence-electron chi connectivity index (χ2n) is 29.6. The number of aliphatic hydroxyl groups is 1. The number of phosphoric acid groups is 2. The van der Waals surface area contributed by atoms with Crippen LogP contribution in [0.25, 0.3) is 0 Å². The number of ether oxygens (including phenoxy) is 4. The predicted molar refractivity (Wildman–Crippen MR) is 409 cm³/mol. The highest BCUT2D eigenvalue weighted by Crippen LogP contribution is 2.45. The summed E-state index contributed by atoms with van der Waals surface area (Å²) in [7, 11) is -9.91. The van der Waals surface area contributed by atoms with Crippen LogP contribution in [-0.2, 0) is 65.4 Å². The molecule has 19 heteroatoms. The van der Waals surface area contributed by atoms with Gasteiger partial charge in [-0.05, 0) is 31.6 Å². The van der Waals surface area contributed by atoms with Crippen molar-refractivity contribution < 1.29 is 80.2 Å². The molecule has 0 fully saturated rings. The molecule has 0 aliphatic heterocycles. The van der Waals surface area contributed by atoms with Crippen molar-refractivity contribution in [1.82, 2.24) is 0 Å². The number of hydrogen-bond acceptors (Lipinski definition) is 15. The average molecular weight is 1470 g/mol. The van der Waals surface area contributed by atoms with E-state index in [1.54, 1.807) is 0 Å². The second-order valence-corrected chi connectivity index (χ2v) is 32.5. The van der Waals surface area contributed by atoms with Crippen molar-refractivity contribution in [3.8, 4) is 0 Å². The Morgan fingerprint density at radius 3 is 0.680 bits per heavy atom. The molecule has 0 aromatic rings. The third-order valence-corrected chi connectivity index (χ3v) is 20.9. The highest BCUT2D eigenvalue weighted by Gasteiger charge is 2.30. The summed E-state index contributed by atoms with van der Waals surface area (Å²) in [6.07, 6.45) is 65.5. The fourth-order valence-corrected chi connectivity index (χ4v) is 14.2. The van der Waals surface area contributed by atoms with E-state index in [0.29, 0.717) is 31.6 Å². The van der Waals surface area contributed by atoms with Crippen LogP contribution in [0.2, 0.25) is 0 Å². The molecule has 0 spiro atoms. The number of phosphoric ester groups is 2. The fraction of sp³-hybridized carbons (Fsp3) is 0.951. The Morgan fingerprint density at radius 1 is 0.270 bits per heavy atom. The summed E-state index contributed by atoms with van der Waals surface area (Å²) in [5.41, 5.74) is 0. The molecule has 0 amide bonds. The highest BCUT2D eigenvalue weighted by atomic mass is 31.2. The molecule has 0 aliphatic carbocycles. The highest BCUT2D eigenvalue weighted by molar-refractivity contribution is 7.47. The second kappa shape index (κ2) is 73.9. The first-order chi connectivity index (χ1) is 48.5.